The van der Waals surface area contributed by atoms with Crippen LogP contribution in [0.5, 0.6) is 5.75 Å². The van der Waals surface area contributed by atoms with E-state index in [9.17, 15) is 9.59 Å². The maximum atomic E-state index is 14.2. The van der Waals surface area contributed by atoms with Gasteiger partial charge in [-0.15, -0.1) is 0 Å². The van der Waals surface area contributed by atoms with Crippen LogP contribution in [0.15, 0.2) is 108 Å². The molecule has 1 unspecified atom stereocenters. The van der Waals surface area contributed by atoms with Gasteiger partial charge in [0.1, 0.15) is 11.6 Å². The molecule has 42 heavy (non-hydrogen) atoms. The van der Waals surface area contributed by atoms with Crippen molar-refractivity contribution in [2.45, 2.75) is 52.1 Å². The van der Waals surface area contributed by atoms with E-state index in [1.165, 1.54) is 18.4 Å². The first-order valence-corrected chi connectivity index (χ1v) is 14.6. The highest BCUT2D eigenvalue weighted by molar-refractivity contribution is 5.94. The van der Waals surface area contributed by atoms with Crippen molar-refractivity contribution >= 4 is 16.8 Å². The summed E-state index contributed by atoms with van der Waals surface area (Å²) < 4.78 is 7.24. The number of hydrogen-bond acceptors (Lipinski definition) is 4. The molecule has 0 aliphatic rings. The van der Waals surface area contributed by atoms with E-state index in [0.717, 1.165) is 18.4 Å². The van der Waals surface area contributed by atoms with E-state index in [1.807, 2.05) is 104 Å². The Morgan fingerprint density at radius 3 is 2.29 bits per heavy atom. The van der Waals surface area contributed by atoms with Gasteiger partial charge in [0, 0.05) is 12.1 Å². The fraction of sp³-hybridized carbons (Fsp3) is 0.250. The van der Waals surface area contributed by atoms with E-state index in [4.69, 9.17) is 9.72 Å². The highest BCUT2D eigenvalue weighted by Crippen LogP contribution is 2.29. The standard InChI is InChI=1S/C36H37N3O3/c1-4-5-7-14-27-21-23-29(24-22-27)35(40)38(25-28-15-8-6-9-16-28)26(2)34-37-31-18-11-10-17-30(31)36(41)39(34)32-19-12-13-20-33(32)42-3/h6,8-13,15-24,26H,4-5,7,14,25H2,1-3H3. The number of hydrogen-bond donors (Lipinski definition) is 0. The van der Waals surface area contributed by atoms with E-state index in [1.54, 1.807) is 22.6 Å². The number of carbonyl (C=O) groups is 1. The lowest BCUT2D eigenvalue weighted by atomic mass is 10.0. The van der Waals surface area contributed by atoms with Gasteiger partial charge in [0.05, 0.1) is 29.7 Å². The molecule has 0 saturated heterocycles. The topological polar surface area (TPSA) is 64.4 Å². The fourth-order valence-electron chi connectivity index (χ4n) is 5.34. The van der Waals surface area contributed by atoms with Gasteiger partial charge < -0.3 is 9.64 Å². The van der Waals surface area contributed by atoms with Crippen molar-refractivity contribution in [1.82, 2.24) is 14.5 Å². The number of methoxy groups -OCH3 is 1. The summed E-state index contributed by atoms with van der Waals surface area (Å²) in [6.45, 7) is 4.48. The third-order valence-electron chi connectivity index (χ3n) is 7.70. The summed E-state index contributed by atoms with van der Waals surface area (Å²) in [7, 11) is 1.58. The summed E-state index contributed by atoms with van der Waals surface area (Å²) >= 11 is 0. The number of unbranched alkanes of at least 4 members (excludes halogenated alkanes) is 2. The van der Waals surface area contributed by atoms with Gasteiger partial charge in [-0.3, -0.25) is 14.2 Å². The summed E-state index contributed by atoms with van der Waals surface area (Å²) in [6.07, 6.45) is 4.50. The van der Waals surface area contributed by atoms with Gasteiger partial charge in [0.15, 0.2) is 0 Å². The molecule has 0 aliphatic carbocycles. The number of ether oxygens (including phenoxy) is 1. The molecular formula is C36H37N3O3. The summed E-state index contributed by atoms with van der Waals surface area (Å²) in [5.41, 5.74) is 3.76. The van der Waals surface area contributed by atoms with Crippen LogP contribution in [0.25, 0.3) is 16.6 Å². The smallest absolute Gasteiger partial charge is 0.266 e. The molecule has 0 fully saturated rings. The molecule has 1 atom stereocenters. The summed E-state index contributed by atoms with van der Waals surface area (Å²) in [6, 6.07) is 32.0. The van der Waals surface area contributed by atoms with Gasteiger partial charge in [0.25, 0.3) is 11.5 Å². The van der Waals surface area contributed by atoms with Crippen molar-refractivity contribution in [2.24, 2.45) is 0 Å². The first-order valence-electron chi connectivity index (χ1n) is 14.6. The number of carbonyl (C=O) groups excluding carboxylic acids is 1. The maximum Gasteiger partial charge on any atom is 0.266 e. The second-order valence-corrected chi connectivity index (χ2v) is 10.5. The van der Waals surface area contributed by atoms with E-state index in [-0.39, 0.29) is 11.5 Å². The Hall–Kier alpha value is -4.71. The van der Waals surface area contributed by atoms with Gasteiger partial charge in [0.2, 0.25) is 0 Å². The lowest BCUT2D eigenvalue weighted by Crippen LogP contribution is -2.37. The average Bonchev–Trinajstić information content (AvgIpc) is 3.04. The van der Waals surface area contributed by atoms with Crippen molar-refractivity contribution in [1.29, 1.82) is 0 Å². The van der Waals surface area contributed by atoms with Crippen LogP contribution in [0.1, 0.15) is 66.5 Å². The number of fused-ring (bicyclic) bond motifs is 1. The van der Waals surface area contributed by atoms with Crippen LogP contribution in [-0.4, -0.2) is 27.5 Å². The minimum atomic E-state index is -0.552. The van der Waals surface area contributed by atoms with Gasteiger partial charge in [-0.25, -0.2) is 4.98 Å². The SMILES string of the molecule is CCCCCc1ccc(C(=O)N(Cc2ccccc2)C(C)c2nc3ccccc3c(=O)n2-c2ccccc2OC)cc1. The van der Waals surface area contributed by atoms with Gasteiger partial charge in [-0.2, -0.15) is 0 Å². The predicted molar refractivity (Wildman–Crippen MR) is 168 cm³/mol. The minimum Gasteiger partial charge on any atom is -0.495 e. The predicted octanol–water partition coefficient (Wildman–Crippen LogP) is 7.53. The average molecular weight is 560 g/mol. The molecule has 1 aromatic heterocycles. The normalized spacial score (nSPS) is 11.8. The fourth-order valence-corrected chi connectivity index (χ4v) is 5.34. The Morgan fingerprint density at radius 2 is 1.55 bits per heavy atom. The van der Waals surface area contributed by atoms with Gasteiger partial charge >= 0.3 is 0 Å². The zero-order valence-corrected chi connectivity index (χ0v) is 24.5. The monoisotopic (exact) mass is 559 g/mol. The van der Waals surface area contributed by atoms with Crippen molar-refractivity contribution < 1.29 is 9.53 Å². The largest absolute Gasteiger partial charge is 0.495 e. The molecule has 1 heterocycles. The molecule has 0 spiro atoms. The Kier molecular flexibility index (Phi) is 9.12. The zero-order valence-electron chi connectivity index (χ0n) is 24.5. The molecule has 0 saturated carbocycles. The molecule has 0 N–H and O–H groups in total. The lowest BCUT2D eigenvalue weighted by Gasteiger charge is -2.31. The molecule has 0 bridgehead atoms. The third kappa shape index (κ3) is 6.13. The number of nitrogens with zero attached hydrogens (tertiary/aromatic N) is 3. The Balaban J connectivity index is 1.62. The van der Waals surface area contributed by atoms with E-state index >= 15 is 0 Å². The van der Waals surface area contributed by atoms with E-state index in [0.29, 0.717) is 40.3 Å². The molecule has 4 aromatic carbocycles. The quantitative estimate of drug-likeness (QED) is 0.157. The first kappa shape index (κ1) is 28.8. The molecule has 214 valence electrons. The summed E-state index contributed by atoms with van der Waals surface area (Å²) in [5.74, 6) is 0.883. The number of rotatable bonds is 11. The van der Waals surface area contributed by atoms with Crippen LogP contribution in [-0.2, 0) is 13.0 Å². The van der Waals surface area contributed by atoms with Crippen LogP contribution >= 0.6 is 0 Å². The maximum absolute atomic E-state index is 14.2. The van der Waals surface area contributed by atoms with Crippen LogP contribution in [0.4, 0.5) is 0 Å². The van der Waals surface area contributed by atoms with Crippen LogP contribution in [0.3, 0.4) is 0 Å². The van der Waals surface area contributed by atoms with Crippen molar-refractivity contribution in [3.8, 4) is 11.4 Å². The molecule has 6 nitrogen and oxygen atoms in total. The Labute approximate surface area is 247 Å². The number of para-hydroxylation sites is 3. The molecule has 6 heteroatoms. The highest BCUT2D eigenvalue weighted by Gasteiger charge is 2.28. The van der Waals surface area contributed by atoms with Crippen molar-refractivity contribution in [2.75, 3.05) is 7.11 Å². The summed E-state index contributed by atoms with van der Waals surface area (Å²) in [5, 5.41) is 0.499. The third-order valence-corrected chi connectivity index (χ3v) is 7.70. The van der Waals surface area contributed by atoms with Crippen LogP contribution in [0.2, 0.25) is 0 Å². The van der Waals surface area contributed by atoms with Crippen LogP contribution in [0, 0.1) is 0 Å². The van der Waals surface area contributed by atoms with E-state index < -0.39 is 6.04 Å². The molecule has 0 aliphatic heterocycles. The second kappa shape index (κ2) is 13.3. The summed E-state index contributed by atoms with van der Waals surface area (Å²) in [4.78, 5) is 35.1. The number of aryl methyl sites for hydroxylation is 1. The minimum absolute atomic E-state index is 0.125. The Morgan fingerprint density at radius 1 is 0.857 bits per heavy atom. The van der Waals surface area contributed by atoms with Gasteiger partial charge in [-0.05, 0) is 67.3 Å². The number of benzene rings is 4. The van der Waals surface area contributed by atoms with Crippen LogP contribution < -0.4 is 10.3 Å². The number of amides is 1. The highest BCUT2D eigenvalue weighted by atomic mass is 16.5. The van der Waals surface area contributed by atoms with Crippen molar-refractivity contribution in [3.63, 3.8) is 0 Å². The second-order valence-electron chi connectivity index (χ2n) is 10.5. The molecule has 5 aromatic rings. The lowest BCUT2D eigenvalue weighted by molar-refractivity contribution is 0.0664. The number of aromatic nitrogens is 2. The molecule has 1 amide bonds. The molecule has 5 rings (SSSR count). The Bertz CT molecular complexity index is 1710. The van der Waals surface area contributed by atoms with E-state index in [2.05, 4.69) is 6.92 Å². The van der Waals surface area contributed by atoms with Gasteiger partial charge in [-0.1, -0.05) is 86.5 Å². The molecular weight excluding hydrogens is 522 g/mol. The zero-order chi connectivity index (χ0) is 29.5. The molecule has 0 radical (unpaired) electrons. The first-order chi connectivity index (χ1) is 20.5. The van der Waals surface area contributed by atoms with Crippen molar-refractivity contribution in [3.05, 3.63) is 136 Å².